The van der Waals surface area contributed by atoms with Crippen LogP contribution in [0.2, 0.25) is 0 Å². The molecule has 106 valence electrons. The second kappa shape index (κ2) is 6.19. The summed E-state index contributed by atoms with van der Waals surface area (Å²) in [4.78, 5) is 14.0. The van der Waals surface area contributed by atoms with Crippen molar-refractivity contribution in [2.75, 3.05) is 20.1 Å². The fourth-order valence-corrected chi connectivity index (χ4v) is 2.55. The fraction of sp³-hybridized carbons (Fsp3) is 0.714. The monoisotopic (exact) mass is 265 g/mol. The molecule has 19 heavy (non-hydrogen) atoms. The molecule has 5 nitrogen and oxygen atoms in total. The van der Waals surface area contributed by atoms with Gasteiger partial charge in [0.2, 0.25) is 5.91 Å². The topological polar surface area (TPSA) is 58.4 Å². The van der Waals surface area contributed by atoms with E-state index in [1.165, 1.54) is 12.8 Å². The maximum atomic E-state index is 12.2. The third kappa shape index (κ3) is 3.56. The van der Waals surface area contributed by atoms with Crippen LogP contribution in [0, 0.1) is 13.8 Å². The van der Waals surface area contributed by atoms with Gasteiger partial charge in [-0.05, 0) is 33.2 Å². The van der Waals surface area contributed by atoms with Gasteiger partial charge < -0.3 is 14.7 Å². The number of rotatable bonds is 4. The maximum Gasteiger partial charge on any atom is 0.226 e. The lowest BCUT2D eigenvalue weighted by atomic mass is 10.0. The zero-order valence-electron chi connectivity index (χ0n) is 12.0. The summed E-state index contributed by atoms with van der Waals surface area (Å²) in [6.45, 7) is 5.58. The van der Waals surface area contributed by atoms with Crippen LogP contribution in [0.15, 0.2) is 4.52 Å². The highest BCUT2D eigenvalue weighted by Crippen LogP contribution is 2.14. The van der Waals surface area contributed by atoms with Crippen LogP contribution in [-0.2, 0) is 11.2 Å². The van der Waals surface area contributed by atoms with Gasteiger partial charge in [-0.2, -0.15) is 0 Å². The average Bonchev–Trinajstić information content (AvgIpc) is 2.71. The van der Waals surface area contributed by atoms with Crippen LogP contribution in [0.1, 0.15) is 36.3 Å². The second-order valence-corrected chi connectivity index (χ2v) is 5.40. The first kappa shape index (κ1) is 14.1. The van der Waals surface area contributed by atoms with Crippen LogP contribution in [0.25, 0.3) is 0 Å². The van der Waals surface area contributed by atoms with Gasteiger partial charge in [0.1, 0.15) is 5.76 Å². The summed E-state index contributed by atoms with van der Waals surface area (Å²) in [5, 5.41) is 7.35. The summed E-state index contributed by atoms with van der Waals surface area (Å²) in [6.07, 6.45) is 4.03. The Morgan fingerprint density at radius 2 is 2.26 bits per heavy atom. The molecule has 1 aliphatic heterocycles. The minimum Gasteiger partial charge on any atom is -0.361 e. The number of carbonyl (C=O) groups is 1. The molecule has 5 heteroatoms. The summed E-state index contributed by atoms with van der Waals surface area (Å²) in [5.41, 5.74) is 1.74. The summed E-state index contributed by atoms with van der Waals surface area (Å²) in [5.74, 6) is 0.872. The van der Waals surface area contributed by atoms with Crippen molar-refractivity contribution in [3.63, 3.8) is 0 Å². The summed E-state index contributed by atoms with van der Waals surface area (Å²) in [6, 6.07) is 0.437. The van der Waals surface area contributed by atoms with E-state index in [1.54, 1.807) is 0 Å². The van der Waals surface area contributed by atoms with Gasteiger partial charge >= 0.3 is 0 Å². The molecule has 0 aromatic carbocycles. The molecule has 1 aromatic rings. The first-order valence-corrected chi connectivity index (χ1v) is 6.97. The van der Waals surface area contributed by atoms with Crippen molar-refractivity contribution in [2.24, 2.45) is 0 Å². The Bertz CT molecular complexity index is 416. The third-order valence-electron chi connectivity index (χ3n) is 3.84. The van der Waals surface area contributed by atoms with Crippen LogP contribution < -0.4 is 5.32 Å². The van der Waals surface area contributed by atoms with Gasteiger partial charge in [0.05, 0.1) is 12.1 Å². The van der Waals surface area contributed by atoms with Gasteiger partial charge in [0, 0.05) is 25.2 Å². The number of hydrogen-bond acceptors (Lipinski definition) is 4. The molecule has 2 rings (SSSR count). The number of piperidine rings is 1. The summed E-state index contributed by atoms with van der Waals surface area (Å²) < 4.78 is 5.09. The first-order valence-electron chi connectivity index (χ1n) is 6.97. The van der Waals surface area contributed by atoms with Crippen molar-refractivity contribution >= 4 is 5.91 Å². The van der Waals surface area contributed by atoms with Crippen molar-refractivity contribution in [1.82, 2.24) is 15.4 Å². The van der Waals surface area contributed by atoms with Crippen molar-refractivity contribution < 1.29 is 9.32 Å². The molecule has 0 saturated carbocycles. The van der Waals surface area contributed by atoms with Crippen molar-refractivity contribution in [1.29, 1.82) is 0 Å². The Hall–Kier alpha value is -1.36. The minimum atomic E-state index is 0.127. The fourth-order valence-electron chi connectivity index (χ4n) is 2.55. The van der Waals surface area contributed by atoms with Crippen molar-refractivity contribution in [3.05, 3.63) is 17.0 Å². The normalized spacial score (nSPS) is 19.4. The van der Waals surface area contributed by atoms with Crippen LogP contribution in [0.5, 0.6) is 0 Å². The first-order chi connectivity index (χ1) is 9.08. The van der Waals surface area contributed by atoms with E-state index < -0.39 is 0 Å². The van der Waals surface area contributed by atoms with E-state index in [1.807, 2.05) is 25.8 Å². The predicted molar refractivity (Wildman–Crippen MR) is 73.0 cm³/mol. The highest BCUT2D eigenvalue weighted by molar-refractivity contribution is 5.79. The number of nitrogens with zero attached hydrogens (tertiary/aromatic N) is 2. The lowest BCUT2D eigenvalue weighted by molar-refractivity contribution is -0.129. The van der Waals surface area contributed by atoms with Crippen LogP contribution in [0.3, 0.4) is 0 Å². The Labute approximate surface area is 114 Å². The smallest absolute Gasteiger partial charge is 0.226 e. The van der Waals surface area contributed by atoms with Gasteiger partial charge in [-0.15, -0.1) is 0 Å². The number of aryl methyl sites for hydroxylation is 2. The van der Waals surface area contributed by atoms with Crippen LogP contribution in [-0.4, -0.2) is 42.1 Å². The maximum absolute atomic E-state index is 12.2. The quantitative estimate of drug-likeness (QED) is 0.895. The van der Waals surface area contributed by atoms with E-state index in [0.717, 1.165) is 36.5 Å². The Kier molecular flexibility index (Phi) is 4.58. The molecule has 1 amide bonds. The van der Waals surface area contributed by atoms with Crippen molar-refractivity contribution in [3.8, 4) is 0 Å². The molecule has 1 N–H and O–H groups in total. The summed E-state index contributed by atoms with van der Waals surface area (Å²) >= 11 is 0. The largest absolute Gasteiger partial charge is 0.361 e. The molecule has 0 spiro atoms. The van der Waals surface area contributed by atoms with Crippen molar-refractivity contribution in [2.45, 2.75) is 45.6 Å². The van der Waals surface area contributed by atoms with Gasteiger partial charge in [-0.25, -0.2) is 0 Å². The van der Waals surface area contributed by atoms with E-state index in [9.17, 15) is 4.79 Å². The van der Waals surface area contributed by atoms with Gasteiger partial charge in [-0.1, -0.05) is 11.6 Å². The Morgan fingerprint density at radius 1 is 1.47 bits per heavy atom. The Balaban J connectivity index is 1.88. The standard InChI is InChI=1S/C14H23N3O2/c1-10-13(11(2)19-16-10)8-14(18)17(3)9-12-6-4-5-7-15-12/h12,15H,4-9H2,1-3H3. The molecular formula is C14H23N3O2. The molecule has 2 heterocycles. The van der Waals surface area contributed by atoms with Gasteiger partial charge in [0.15, 0.2) is 0 Å². The highest BCUT2D eigenvalue weighted by atomic mass is 16.5. The summed E-state index contributed by atoms with van der Waals surface area (Å²) in [7, 11) is 1.87. The van der Waals surface area contributed by atoms with E-state index in [-0.39, 0.29) is 5.91 Å². The number of hydrogen-bond donors (Lipinski definition) is 1. The number of carbonyl (C=O) groups excluding carboxylic acids is 1. The zero-order valence-corrected chi connectivity index (χ0v) is 12.0. The SMILES string of the molecule is Cc1noc(C)c1CC(=O)N(C)CC1CCCCN1. The number of aromatic nitrogens is 1. The molecule has 0 aliphatic carbocycles. The lowest BCUT2D eigenvalue weighted by Gasteiger charge is -2.28. The van der Waals surface area contributed by atoms with E-state index in [4.69, 9.17) is 4.52 Å². The molecule has 0 radical (unpaired) electrons. The number of amides is 1. The number of likely N-dealkylation sites (N-methyl/N-ethyl adjacent to an activating group) is 1. The molecule has 1 fully saturated rings. The third-order valence-corrected chi connectivity index (χ3v) is 3.84. The van der Waals surface area contributed by atoms with E-state index in [0.29, 0.717) is 12.5 Å². The average molecular weight is 265 g/mol. The minimum absolute atomic E-state index is 0.127. The molecule has 1 saturated heterocycles. The van der Waals surface area contributed by atoms with E-state index >= 15 is 0 Å². The van der Waals surface area contributed by atoms with Gasteiger partial charge in [-0.3, -0.25) is 4.79 Å². The highest BCUT2D eigenvalue weighted by Gasteiger charge is 2.20. The number of nitrogens with one attached hydrogen (secondary N) is 1. The van der Waals surface area contributed by atoms with Gasteiger partial charge in [0.25, 0.3) is 0 Å². The predicted octanol–water partition coefficient (Wildman–Crippen LogP) is 1.43. The van der Waals surface area contributed by atoms with Crippen LogP contribution in [0.4, 0.5) is 0 Å². The van der Waals surface area contributed by atoms with Crippen LogP contribution >= 0.6 is 0 Å². The zero-order chi connectivity index (χ0) is 13.8. The molecular weight excluding hydrogens is 242 g/mol. The second-order valence-electron chi connectivity index (χ2n) is 5.40. The Morgan fingerprint density at radius 3 is 2.84 bits per heavy atom. The molecule has 1 unspecified atom stereocenters. The molecule has 1 atom stereocenters. The molecule has 0 bridgehead atoms. The molecule has 1 aromatic heterocycles. The molecule has 1 aliphatic rings. The lowest BCUT2D eigenvalue weighted by Crippen LogP contribution is -2.44. The van der Waals surface area contributed by atoms with E-state index in [2.05, 4.69) is 10.5 Å².